The van der Waals surface area contributed by atoms with Crippen molar-refractivity contribution < 1.29 is 13.9 Å². The second-order valence-corrected chi connectivity index (χ2v) is 4.97. The summed E-state index contributed by atoms with van der Waals surface area (Å²) >= 11 is 0. The van der Waals surface area contributed by atoms with Crippen LogP contribution in [-0.4, -0.2) is 12.6 Å². The maximum Gasteiger partial charge on any atom is 0.339 e. The van der Waals surface area contributed by atoms with Crippen LogP contribution in [0.2, 0.25) is 0 Å². The van der Waals surface area contributed by atoms with Crippen molar-refractivity contribution >= 4 is 16.9 Å². The van der Waals surface area contributed by atoms with Crippen molar-refractivity contribution in [2.24, 2.45) is 0 Å². The second-order valence-electron chi connectivity index (χ2n) is 4.97. The fraction of sp³-hybridized carbons (Fsp3) is 0.375. The molecule has 0 radical (unpaired) electrons. The van der Waals surface area contributed by atoms with E-state index < -0.39 is 0 Å². The van der Waals surface area contributed by atoms with Gasteiger partial charge in [-0.25, -0.2) is 4.79 Å². The summed E-state index contributed by atoms with van der Waals surface area (Å²) in [5.74, 6) is -0.600. The van der Waals surface area contributed by atoms with Crippen molar-refractivity contribution in [3.8, 4) is 0 Å². The van der Waals surface area contributed by atoms with E-state index in [0.717, 1.165) is 23.8 Å². The molecule has 104 valence electrons. The van der Waals surface area contributed by atoms with E-state index in [1.807, 2.05) is 18.2 Å². The van der Waals surface area contributed by atoms with Crippen LogP contribution in [0.25, 0.3) is 11.0 Å². The molecule has 1 aliphatic carbocycles. The van der Waals surface area contributed by atoms with E-state index in [9.17, 15) is 9.59 Å². The summed E-state index contributed by atoms with van der Waals surface area (Å²) < 4.78 is 10.5. The molecule has 1 aromatic heterocycles. The molecule has 3 rings (SSSR count). The minimum atomic E-state index is -0.354. The van der Waals surface area contributed by atoms with E-state index in [1.165, 1.54) is 0 Å². The Morgan fingerprint density at radius 1 is 1.40 bits per heavy atom. The normalized spacial score (nSPS) is 17.8. The summed E-state index contributed by atoms with van der Waals surface area (Å²) in [6, 6.07) is 7.36. The van der Waals surface area contributed by atoms with Crippen LogP contribution >= 0.6 is 0 Å². The summed E-state index contributed by atoms with van der Waals surface area (Å²) in [7, 11) is 0. The van der Waals surface area contributed by atoms with Crippen LogP contribution in [0.4, 0.5) is 0 Å². The Morgan fingerprint density at radius 3 is 3.00 bits per heavy atom. The quantitative estimate of drug-likeness (QED) is 0.623. The zero-order valence-electron chi connectivity index (χ0n) is 11.3. The summed E-state index contributed by atoms with van der Waals surface area (Å²) in [5, 5.41) is 0.847. The lowest BCUT2D eigenvalue weighted by Crippen LogP contribution is -2.25. The highest BCUT2D eigenvalue weighted by Crippen LogP contribution is 2.35. The molecule has 0 bridgehead atoms. The smallest absolute Gasteiger partial charge is 0.339 e. The first-order chi connectivity index (χ1) is 9.72. The van der Waals surface area contributed by atoms with Gasteiger partial charge in [0.25, 0.3) is 0 Å². The fourth-order valence-electron chi connectivity index (χ4n) is 2.95. The van der Waals surface area contributed by atoms with Crippen molar-refractivity contribution in [1.29, 1.82) is 0 Å². The van der Waals surface area contributed by atoms with Gasteiger partial charge in [0.05, 0.1) is 12.5 Å². The standard InChI is InChI=1S/C16H16O4/c1-2-19-15(17)11-7-5-8-12-14(11)10-6-3-4-9-13(10)20-16(12)18/h3-4,6,9,11H,2,5,7-8H2,1H3. The summed E-state index contributed by atoms with van der Waals surface area (Å²) in [4.78, 5) is 24.2. The highest BCUT2D eigenvalue weighted by Gasteiger charge is 2.31. The molecule has 0 aliphatic heterocycles. The van der Waals surface area contributed by atoms with Crippen molar-refractivity contribution in [1.82, 2.24) is 0 Å². The van der Waals surface area contributed by atoms with Crippen molar-refractivity contribution in [3.63, 3.8) is 0 Å². The van der Waals surface area contributed by atoms with Gasteiger partial charge in [-0.05, 0) is 37.8 Å². The van der Waals surface area contributed by atoms with Gasteiger partial charge in [0.15, 0.2) is 0 Å². The van der Waals surface area contributed by atoms with Crippen molar-refractivity contribution in [2.75, 3.05) is 6.61 Å². The monoisotopic (exact) mass is 272 g/mol. The molecule has 1 unspecified atom stereocenters. The van der Waals surface area contributed by atoms with E-state index in [1.54, 1.807) is 13.0 Å². The highest BCUT2D eigenvalue weighted by atomic mass is 16.5. The van der Waals surface area contributed by atoms with Crippen molar-refractivity contribution in [2.45, 2.75) is 32.1 Å². The van der Waals surface area contributed by atoms with E-state index >= 15 is 0 Å². The molecule has 1 atom stereocenters. The minimum Gasteiger partial charge on any atom is -0.466 e. The number of rotatable bonds is 2. The number of hydrogen-bond acceptors (Lipinski definition) is 4. The van der Waals surface area contributed by atoms with Gasteiger partial charge in [-0.2, -0.15) is 0 Å². The minimum absolute atomic E-state index is 0.246. The molecule has 1 aromatic carbocycles. The van der Waals surface area contributed by atoms with E-state index in [2.05, 4.69) is 0 Å². The number of esters is 1. The first-order valence-corrected chi connectivity index (χ1v) is 6.93. The Morgan fingerprint density at radius 2 is 2.20 bits per heavy atom. The molecule has 0 fully saturated rings. The maximum atomic E-state index is 12.2. The van der Waals surface area contributed by atoms with Gasteiger partial charge in [0.1, 0.15) is 5.58 Å². The zero-order valence-corrected chi connectivity index (χ0v) is 11.3. The number of carbonyl (C=O) groups is 1. The summed E-state index contributed by atoms with van der Waals surface area (Å²) in [6.07, 6.45) is 2.19. The molecule has 1 aliphatic rings. The SMILES string of the molecule is CCOC(=O)C1CCCc2c1c1ccccc1oc2=O. The van der Waals surface area contributed by atoms with Crippen LogP contribution in [0.15, 0.2) is 33.5 Å². The number of carbonyl (C=O) groups excluding carboxylic acids is 1. The van der Waals surface area contributed by atoms with Gasteiger partial charge in [0.2, 0.25) is 0 Å². The van der Waals surface area contributed by atoms with E-state index in [-0.39, 0.29) is 17.5 Å². The van der Waals surface area contributed by atoms with Gasteiger partial charge in [0, 0.05) is 10.9 Å². The van der Waals surface area contributed by atoms with Gasteiger partial charge in [-0.15, -0.1) is 0 Å². The van der Waals surface area contributed by atoms with E-state index in [4.69, 9.17) is 9.15 Å². The first kappa shape index (κ1) is 12.9. The zero-order chi connectivity index (χ0) is 14.1. The molecule has 0 spiro atoms. The molecule has 2 aromatic rings. The molecule has 1 heterocycles. The lowest BCUT2D eigenvalue weighted by atomic mass is 9.82. The maximum absolute atomic E-state index is 12.2. The second kappa shape index (κ2) is 5.12. The lowest BCUT2D eigenvalue weighted by Gasteiger charge is -2.24. The molecule has 0 saturated heterocycles. The molecular formula is C16H16O4. The Balaban J connectivity index is 2.25. The van der Waals surface area contributed by atoms with Crippen LogP contribution in [0, 0.1) is 0 Å². The molecule has 0 saturated carbocycles. The molecular weight excluding hydrogens is 256 g/mol. The highest BCUT2D eigenvalue weighted by molar-refractivity contribution is 5.89. The number of fused-ring (bicyclic) bond motifs is 3. The summed E-state index contributed by atoms with van der Waals surface area (Å²) in [6.45, 7) is 2.14. The lowest BCUT2D eigenvalue weighted by molar-refractivity contribution is -0.145. The number of hydrogen-bond donors (Lipinski definition) is 0. The third-order valence-corrected chi connectivity index (χ3v) is 3.79. The predicted octanol–water partition coefficient (Wildman–Crippen LogP) is 2.78. The van der Waals surface area contributed by atoms with Crippen LogP contribution in [0.1, 0.15) is 36.8 Å². The topological polar surface area (TPSA) is 56.5 Å². The van der Waals surface area contributed by atoms with Gasteiger partial charge in [-0.1, -0.05) is 18.2 Å². The Labute approximate surface area is 116 Å². The Hall–Kier alpha value is -2.10. The van der Waals surface area contributed by atoms with Gasteiger partial charge in [-0.3, -0.25) is 4.79 Å². The van der Waals surface area contributed by atoms with Crippen LogP contribution in [0.5, 0.6) is 0 Å². The first-order valence-electron chi connectivity index (χ1n) is 6.93. The number of benzene rings is 1. The molecule has 4 nitrogen and oxygen atoms in total. The average Bonchev–Trinajstić information content (AvgIpc) is 2.47. The number of para-hydroxylation sites is 1. The molecule has 4 heteroatoms. The number of ether oxygens (including phenoxy) is 1. The van der Waals surface area contributed by atoms with Gasteiger partial charge < -0.3 is 9.15 Å². The summed E-state index contributed by atoms with van der Waals surface area (Å²) in [5.41, 5.74) is 1.65. The van der Waals surface area contributed by atoms with Crippen molar-refractivity contribution in [3.05, 3.63) is 45.8 Å². The Kier molecular flexibility index (Phi) is 3.30. The van der Waals surface area contributed by atoms with Gasteiger partial charge >= 0.3 is 11.6 Å². The third kappa shape index (κ3) is 2.01. The average molecular weight is 272 g/mol. The Bertz CT molecular complexity index is 714. The van der Waals surface area contributed by atoms with Crippen LogP contribution in [-0.2, 0) is 16.0 Å². The molecule has 0 amide bonds. The molecule has 20 heavy (non-hydrogen) atoms. The molecule has 0 N–H and O–H groups in total. The van der Waals surface area contributed by atoms with Crippen LogP contribution in [0.3, 0.4) is 0 Å². The fourth-order valence-corrected chi connectivity index (χ4v) is 2.95. The van der Waals surface area contributed by atoms with Crippen LogP contribution < -0.4 is 5.63 Å². The third-order valence-electron chi connectivity index (χ3n) is 3.79. The van der Waals surface area contributed by atoms with E-state index in [0.29, 0.717) is 24.2 Å². The largest absolute Gasteiger partial charge is 0.466 e. The predicted molar refractivity (Wildman–Crippen MR) is 74.8 cm³/mol.